The molecule has 1 aliphatic rings. The van der Waals surface area contributed by atoms with Crippen LogP contribution in [-0.4, -0.2) is 45.0 Å². The Morgan fingerprint density at radius 2 is 2.42 bits per heavy atom. The molecule has 6 heteroatoms. The molecule has 102 valence electrons. The van der Waals surface area contributed by atoms with E-state index in [9.17, 15) is 0 Å². The highest BCUT2D eigenvalue weighted by molar-refractivity contribution is 8.00. The van der Waals surface area contributed by atoms with Gasteiger partial charge in [-0.25, -0.2) is 9.97 Å². The molecular weight excluding hydrogens is 258 g/mol. The molecule has 1 aliphatic heterocycles. The van der Waals surface area contributed by atoms with E-state index in [-0.39, 0.29) is 0 Å². The minimum Gasteiger partial charge on any atom is -0.369 e. The summed E-state index contributed by atoms with van der Waals surface area (Å²) in [4.78, 5) is 11.5. The molecule has 0 radical (unpaired) electrons. The second kappa shape index (κ2) is 5.28. The topological polar surface area (TPSA) is 45.5 Å². The molecule has 0 amide bonds. The van der Waals surface area contributed by atoms with Gasteiger partial charge < -0.3 is 14.6 Å². The molecule has 1 atom stereocenters. The fraction of sp³-hybridized carbons (Fsp3) is 0.538. The zero-order chi connectivity index (χ0) is 13.2. The van der Waals surface area contributed by atoms with E-state index >= 15 is 0 Å². The maximum absolute atomic E-state index is 4.74. The number of thioether (sulfide) groups is 1. The van der Waals surface area contributed by atoms with Crippen LogP contribution in [0.25, 0.3) is 5.65 Å². The summed E-state index contributed by atoms with van der Waals surface area (Å²) in [7, 11) is 0. The first-order valence-electron chi connectivity index (χ1n) is 6.72. The van der Waals surface area contributed by atoms with Gasteiger partial charge in [-0.2, -0.15) is 11.8 Å². The minimum atomic E-state index is 0.647. The Bertz CT molecular complexity index is 567. The summed E-state index contributed by atoms with van der Waals surface area (Å²) < 4.78 is 2.05. The number of aromatic nitrogens is 3. The Labute approximate surface area is 117 Å². The Morgan fingerprint density at radius 1 is 1.53 bits per heavy atom. The fourth-order valence-corrected chi connectivity index (χ4v) is 3.42. The minimum absolute atomic E-state index is 0.647. The summed E-state index contributed by atoms with van der Waals surface area (Å²) in [6.07, 6.45) is 5.80. The highest BCUT2D eigenvalue weighted by atomic mass is 32.2. The number of anilines is 2. The van der Waals surface area contributed by atoms with Crippen molar-refractivity contribution in [2.45, 2.75) is 19.1 Å². The molecule has 1 saturated heterocycles. The molecule has 1 fully saturated rings. The summed E-state index contributed by atoms with van der Waals surface area (Å²) >= 11 is 2.03. The van der Waals surface area contributed by atoms with Crippen LogP contribution in [0.1, 0.15) is 13.8 Å². The van der Waals surface area contributed by atoms with Crippen LogP contribution >= 0.6 is 11.8 Å². The Kier molecular flexibility index (Phi) is 3.50. The number of rotatable bonds is 3. The first kappa shape index (κ1) is 12.6. The summed E-state index contributed by atoms with van der Waals surface area (Å²) in [6.45, 7) is 7.31. The molecule has 2 aromatic rings. The predicted molar refractivity (Wildman–Crippen MR) is 81.3 cm³/mol. The van der Waals surface area contributed by atoms with Crippen molar-refractivity contribution >= 4 is 29.0 Å². The number of imidazole rings is 1. The van der Waals surface area contributed by atoms with Crippen LogP contribution in [0.3, 0.4) is 0 Å². The van der Waals surface area contributed by atoms with Gasteiger partial charge in [-0.05, 0) is 6.92 Å². The average Bonchev–Trinajstić information content (AvgIpc) is 2.86. The van der Waals surface area contributed by atoms with Gasteiger partial charge in [-0.3, -0.25) is 0 Å². The third-order valence-corrected chi connectivity index (χ3v) is 4.39. The van der Waals surface area contributed by atoms with E-state index in [0.717, 1.165) is 42.7 Å². The first-order chi connectivity index (χ1) is 9.28. The van der Waals surface area contributed by atoms with E-state index in [1.165, 1.54) is 0 Å². The van der Waals surface area contributed by atoms with Crippen molar-refractivity contribution in [3.63, 3.8) is 0 Å². The molecule has 2 aromatic heterocycles. The molecular formula is C13H19N5S. The van der Waals surface area contributed by atoms with Gasteiger partial charge >= 0.3 is 0 Å². The van der Waals surface area contributed by atoms with Crippen LogP contribution in [0.2, 0.25) is 0 Å². The summed E-state index contributed by atoms with van der Waals surface area (Å²) in [6, 6.07) is 0. The molecule has 3 rings (SSSR count). The largest absolute Gasteiger partial charge is 0.369 e. The highest BCUT2D eigenvalue weighted by Crippen LogP contribution is 2.26. The molecule has 1 N–H and O–H groups in total. The summed E-state index contributed by atoms with van der Waals surface area (Å²) in [5.41, 5.74) is 0.945. The third-order valence-electron chi connectivity index (χ3n) is 3.25. The molecule has 0 spiro atoms. The van der Waals surface area contributed by atoms with E-state index in [1.807, 2.05) is 34.8 Å². The average molecular weight is 277 g/mol. The van der Waals surface area contributed by atoms with Crippen molar-refractivity contribution in [1.82, 2.24) is 14.4 Å². The van der Waals surface area contributed by atoms with Crippen molar-refractivity contribution in [2.75, 3.05) is 35.6 Å². The molecule has 5 nitrogen and oxygen atoms in total. The SMILES string of the molecule is CCNc1cn2ccnc2c(N2CCSC(C)C2)n1. The van der Waals surface area contributed by atoms with E-state index < -0.39 is 0 Å². The van der Waals surface area contributed by atoms with Crippen LogP contribution < -0.4 is 10.2 Å². The lowest BCUT2D eigenvalue weighted by Crippen LogP contribution is -2.37. The fourth-order valence-electron chi connectivity index (χ4n) is 2.40. The highest BCUT2D eigenvalue weighted by Gasteiger charge is 2.21. The Morgan fingerprint density at radius 3 is 3.21 bits per heavy atom. The van der Waals surface area contributed by atoms with Crippen LogP contribution in [0.5, 0.6) is 0 Å². The van der Waals surface area contributed by atoms with E-state index in [4.69, 9.17) is 4.98 Å². The van der Waals surface area contributed by atoms with Crippen LogP contribution in [0, 0.1) is 0 Å². The van der Waals surface area contributed by atoms with Gasteiger partial charge in [-0.1, -0.05) is 6.92 Å². The van der Waals surface area contributed by atoms with Crippen molar-refractivity contribution in [1.29, 1.82) is 0 Å². The third kappa shape index (κ3) is 2.49. The zero-order valence-corrected chi connectivity index (χ0v) is 12.2. The first-order valence-corrected chi connectivity index (χ1v) is 7.77. The van der Waals surface area contributed by atoms with E-state index in [0.29, 0.717) is 5.25 Å². The molecule has 3 heterocycles. The number of fused-ring (bicyclic) bond motifs is 1. The smallest absolute Gasteiger partial charge is 0.180 e. The lowest BCUT2D eigenvalue weighted by molar-refractivity contribution is 0.769. The molecule has 1 unspecified atom stereocenters. The lowest BCUT2D eigenvalue weighted by atomic mass is 10.3. The van der Waals surface area contributed by atoms with Crippen LogP contribution in [0.15, 0.2) is 18.6 Å². The van der Waals surface area contributed by atoms with E-state index in [1.54, 1.807) is 0 Å². The number of nitrogens with one attached hydrogen (secondary N) is 1. The van der Waals surface area contributed by atoms with Crippen LogP contribution in [0.4, 0.5) is 11.6 Å². The van der Waals surface area contributed by atoms with E-state index in [2.05, 4.69) is 29.0 Å². The molecule has 19 heavy (non-hydrogen) atoms. The quantitative estimate of drug-likeness (QED) is 0.931. The number of hydrogen-bond acceptors (Lipinski definition) is 5. The van der Waals surface area contributed by atoms with Crippen molar-refractivity contribution in [3.8, 4) is 0 Å². The Hall–Kier alpha value is -1.43. The molecule has 0 aromatic carbocycles. The lowest BCUT2D eigenvalue weighted by Gasteiger charge is -2.31. The normalized spacial score (nSPS) is 19.9. The second-order valence-corrected chi connectivity index (χ2v) is 6.31. The van der Waals surface area contributed by atoms with Crippen molar-refractivity contribution in [2.24, 2.45) is 0 Å². The van der Waals surface area contributed by atoms with Crippen molar-refractivity contribution < 1.29 is 0 Å². The predicted octanol–water partition coefficient (Wildman–Crippen LogP) is 2.10. The maximum atomic E-state index is 4.74. The van der Waals surface area contributed by atoms with Gasteiger partial charge in [0.25, 0.3) is 0 Å². The molecule has 0 bridgehead atoms. The van der Waals surface area contributed by atoms with Gasteiger partial charge in [0.2, 0.25) is 0 Å². The number of hydrogen-bond donors (Lipinski definition) is 1. The van der Waals surface area contributed by atoms with Gasteiger partial charge in [-0.15, -0.1) is 0 Å². The molecule has 0 saturated carbocycles. The van der Waals surface area contributed by atoms with Crippen molar-refractivity contribution in [3.05, 3.63) is 18.6 Å². The monoisotopic (exact) mass is 277 g/mol. The second-order valence-electron chi connectivity index (χ2n) is 4.77. The van der Waals surface area contributed by atoms with Gasteiger partial charge in [0.05, 0.1) is 6.20 Å². The zero-order valence-electron chi connectivity index (χ0n) is 11.3. The van der Waals surface area contributed by atoms with Gasteiger partial charge in [0, 0.05) is 43.0 Å². The maximum Gasteiger partial charge on any atom is 0.180 e. The van der Waals surface area contributed by atoms with Gasteiger partial charge in [0.1, 0.15) is 5.82 Å². The standard InChI is InChI=1S/C13H19N5S/c1-3-14-11-9-17-5-4-15-12(17)13(16-11)18-6-7-19-10(2)8-18/h4-5,9-10,14H,3,6-8H2,1-2H3. The summed E-state index contributed by atoms with van der Waals surface area (Å²) in [5.74, 6) is 3.06. The molecule has 0 aliphatic carbocycles. The number of nitrogens with zero attached hydrogens (tertiary/aromatic N) is 4. The summed E-state index contributed by atoms with van der Waals surface area (Å²) in [5, 5.41) is 3.94. The van der Waals surface area contributed by atoms with Gasteiger partial charge in [0.15, 0.2) is 11.5 Å². The Balaban J connectivity index is 2.02. The van der Waals surface area contributed by atoms with Crippen LogP contribution in [-0.2, 0) is 0 Å².